The van der Waals surface area contributed by atoms with Gasteiger partial charge in [0.05, 0.1) is 19.8 Å². The van der Waals surface area contributed by atoms with Crippen molar-refractivity contribution < 1.29 is 19.4 Å². The molecule has 1 atom stereocenters. The molecule has 1 aromatic carbocycles. The molecular formula is C14H18O4. The van der Waals surface area contributed by atoms with Gasteiger partial charge in [0.15, 0.2) is 0 Å². The van der Waals surface area contributed by atoms with Gasteiger partial charge in [-0.05, 0) is 24.1 Å². The number of methoxy groups -OCH3 is 1. The van der Waals surface area contributed by atoms with Crippen molar-refractivity contribution in [2.75, 3.05) is 7.11 Å². The number of carbonyl (C=O) groups is 1. The lowest BCUT2D eigenvalue weighted by Crippen LogP contribution is -2.11. The zero-order valence-corrected chi connectivity index (χ0v) is 10.5. The first kappa shape index (κ1) is 14.3. The zero-order valence-electron chi connectivity index (χ0n) is 10.5. The molecular weight excluding hydrogens is 232 g/mol. The van der Waals surface area contributed by atoms with E-state index in [0.29, 0.717) is 13.0 Å². The van der Waals surface area contributed by atoms with Gasteiger partial charge in [0, 0.05) is 6.42 Å². The second-order valence-electron chi connectivity index (χ2n) is 3.87. The van der Waals surface area contributed by atoms with Crippen LogP contribution in [0.3, 0.4) is 0 Å². The van der Waals surface area contributed by atoms with Gasteiger partial charge in [-0.15, -0.1) is 6.58 Å². The van der Waals surface area contributed by atoms with Gasteiger partial charge in [-0.25, -0.2) is 0 Å². The summed E-state index contributed by atoms with van der Waals surface area (Å²) < 4.78 is 10.6. The molecule has 1 N–H and O–H groups in total. The molecule has 98 valence electrons. The molecule has 1 rings (SSSR count). The summed E-state index contributed by atoms with van der Waals surface area (Å²) in [5.74, 6) is -0.0280. The van der Waals surface area contributed by atoms with Crippen LogP contribution in [0.1, 0.15) is 18.4 Å². The Bertz CT molecular complexity index is 383. The van der Waals surface area contributed by atoms with E-state index in [2.05, 4.69) is 6.58 Å². The summed E-state index contributed by atoms with van der Waals surface area (Å²) in [7, 11) is 1.62. The van der Waals surface area contributed by atoms with Gasteiger partial charge in [-0.2, -0.15) is 0 Å². The normalized spacial score (nSPS) is 11.8. The Balaban J connectivity index is 2.41. The number of hydrogen-bond donors (Lipinski definition) is 1. The van der Waals surface area contributed by atoms with Crippen molar-refractivity contribution >= 4 is 5.97 Å². The minimum absolute atomic E-state index is 0.0826. The minimum atomic E-state index is -0.824. The topological polar surface area (TPSA) is 55.8 Å². The maximum absolute atomic E-state index is 10.5. The van der Waals surface area contributed by atoms with Gasteiger partial charge in [-0.1, -0.05) is 18.2 Å². The second-order valence-corrected chi connectivity index (χ2v) is 3.87. The zero-order chi connectivity index (χ0) is 13.4. The molecule has 0 saturated carbocycles. The molecule has 0 aromatic heterocycles. The molecule has 0 unspecified atom stereocenters. The van der Waals surface area contributed by atoms with Gasteiger partial charge in [0.1, 0.15) is 5.75 Å². The predicted molar refractivity (Wildman–Crippen MR) is 68.6 cm³/mol. The highest BCUT2D eigenvalue weighted by Gasteiger charge is 2.07. The maximum Gasteiger partial charge on any atom is 0.303 e. The van der Waals surface area contributed by atoms with Crippen LogP contribution in [-0.2, 0) is 16.1 Å². The van der Waals surface area contributed by atoms with Crippen molar-refractivity contribution in [3.8, 4) is 5.75 Å². The Morgan fingerprint density at radius 2 is 2.11 bits per heavy atom. The summed E-state index contributed by atoms with van der Waals surface area (Å²) in [6.07, 6.45) is 1.92. The van der Waals surface area contributed by atoms with E-state index in [0.717, 1.165) is 11.3 Å². The lowest BCUT2D eigenvalue weighted by molar-refractivity contribution is -0.137. The number of aliphatic carboxylic acids is 1. The first-order valence-corrected chi connectivity index (χ1v) is 5.74. The lowest BCUT2D eigenvalue weighted by atomic mass is 10.2. The van der Waals surface area contributed by atoms with E-state index in [1.54, 1.807) is 13.2 Å². The van der Waals surface area contributed by atoms with Crippen LogP contribution in [0, 0.1) is 0 Å². The monoisotopic (exact) mass is 250 g/mol. The number of carboxylic acid groups (broad SMARTS) is 1. The highest BCUT2D eigenvalue weighted by Crippen LogP contribution is 2.13. The van der Waals surface area contributed by atoms with Crippen LogP contribution in [0.25, 0.3) is 0 Å². The van der Waals surface area contributed by atoms with E-state index >= 15 is 0 Å². The van der Waals surface area contributed by atoms with E-state index in [1.807, 2.05) is 24.3 Å². The molecule has 0 spiro atoms. The molecule has 0 fully saturated rings. The SMILES string of the molecule is C=C[C@@H](CCC(=O)O)OCc1ccc(OC)cc1. The molecule has 4 heteroatoms. The van der Waals surface area contributed by atoms with Gasteiger partial charge in [0.2, 0.25) is 0 Å². The lowest BCUT2D eigenvalue weighted by Gasteiger charge is -2.13. The third-order valence-electron chi connectivity index (χ3n) is 2.53. The average molecular weight is 250 g/mol. The van der Waals surface area contributed by atoms with E-state index in [-0.39, 0.29) is 12.5 Å². The summed E-state index contributed by atoms with van der Waals surface area (Å²) in [5, 5.41) is 8.60. The van der Waals surface area contributed by atoms with Crippen LogP contribution in [0.5, 0.6) is 5.75 Å². The summed E-state index contributed by atoms with van der Waals surface area (Å²) in [6.45, 7) is 4.07. The van der Waals surface area contributed by atoms with Crippen LogP contribution in [0.15, 0.2) is 36.9 Å². The van der Waals surface area contributed by atoms with Crippen molar-refractivity contribution in [1.82, 2.24) is 0 Å². The smallest absolute Gasteiger partial charge is 0.303 e. The summed E-state index contributed by atoms with van der Waals surface area (Å²) in [4.78, 5) is 10.5. The highest BCUT2D eigenvalue weighted by atomic mass is 16.5. The van der Waals surface area contributed by atoms with Crippen molar-refractivity contribution in [1.29, 1.82) is 0 Å². The molecule has 0 aliphatic heterocycles. The molecule has 1 aromatic rings. The molecule has 0 radical (unpaired) electrons. The Kier molecular flexibility index (Phi) is 5.94. The third-order valence-corrected chi connectivity index (χ3v) is 2.53. The minimum Gasteiger partial charge on any atom is -0.497 e. The quantitative estimate of drug-likeness (QED) is 0.720. The molecule has 0 heterocycles. The average Bonchev–Trinajstić information content (AvgIpc) is 2.39. The summed E-state index contributed by atoms with van der Waals surface area (Å²) >= 11 is 0. The van der Waals surface area contributed by atoms with Crippen LogP contribution in [-0.4, -0.2) is 24.3 Å². The molecule has 0 aliphatic rings. The van der Waals surface area contributed by atoms with Crippen molar-refractivity contribution in [2.24, 2.45) is 0 Å². The number of rotatable bonds is 8. The maximum atomic E-state index is 10.5. The Morgan fingerprint density at radius 1 is 1.44 bits per heavy atom. The van der Waals surface area contributed by atoms with Crippen molar-refractivity contribution in [3.05, 3.63) is 42.5 Å². The molecule has 0 bridgehead atoms. The fourth-order valence-electron chi connectivity index (χ4n) is 1.46. The number of hydrogen-bond acceptors (Lipinski definition) is 3. The third kappa shape index (κ3) is 5.01. The predicted octanol–water partition coefficient (Wildman–Crippen LogP) is 2.63. The standard InChI is InChI=1S/C14H18O4/c1-3-12(8-9-14(15)16)18-10-11-4-6-13(17-2)7-5-11/h3-7,12H,1,8-10H2,2H3,(H,15,16)/t12-/m0/s1. The summed E-state index contributed by atoms with van der Waals surface area (Å²) in [6, 6.07) is 7.55. The fraction of sp³-hybridized carbons (Fsp3) is 0.357. The van der Waals surface area contributed by atoms with Gasteiger partial charge >= 0.3 is 5.97 Å². The van der Waals surface area contributed by atoms with Gasteiger partial charge < -0.3 is 14.6 Å². The Labute approximate surface area is 107 Å². The Hall–Kier alpha value is -1.81. The number of ether oxygens (including phenoxy) is 2. The molecule has 18 heavy (non-hydrogen) atoms. The van der Waals surface area contributed by atoms with Gasteiger partial charge in [-0.3, -0.25) is 4.79 Å². The fourth-order valence-corrected chi connectivity index (χ4v) is 1.46. The van der Waals surface area contributed by atoms with E-state index < -0.39 is 5.97 Å². The van der Waals surface area contributed by atoms with E-state index in [9.17, 15) is 4.79 Å². The van der Waals surface area contributed by atoms with Crippen LogP contribution in [0.2, 0.25) is 0 Å². The van der Waals surface area contributed by atoms with E-state index in [1.165, 1.54) is 0 Å². The highest BCUT2D eigenvalue weighted by molar-refractivity contribution is 5.66. The van der Waals surface area contributed by atoms with E-state index in [4.69, 9.17) is 14.6 Å². The molecule has 0 amide bonds. The molecule has 4 nitrogen and oxygen atoms in total. The largest absolute Gasteiger partial charge is 0.497 e. The first-order chi connectivity index (χ1) is 8.65. The van der Waals surface area contributed by atoms with Crippen LogP contribution in [0.4, 0.5) is 0 Å². The first-order valence-electron chi connectivity index (χ1n) is 5.74. The number of benzene rings is 1. The van der Waals surface area contributed by atoms with Crippen LogP contribution < -0.4 is 4.74 Å². The van der Waals surface area contributed by atoms with Crippen molar-refractivity contribution in [2.45, 2.75) is 25.6 Å². The second kappa shape index (κ2) is 7.50. The Morgan fingerprint density at radius 3 is 2.61 bits per heavy atom. The van der Waals surface area contributed by atoms with Crippen molar-refractivity contribution in [3.63, 3.8) is 0 Å². The molecule has 0 aliphatic carbocycles. The van der Waals surface area contributed by atoms with Gasteiger partial charge in [0.25, 0.3) is 0 Å². The van der Waals surface area contributed by atoms with Crippen LogP contribution >= 0.6 is 0 Å². The molecule has 0 saturated heterocycles. The summed E-state index contributed by atoms with van der Waals surface area (Å²) in [5.41, 5.74) is 1.01. The number of carboxylic acids is 1.